The number of hydrazine groups is 1. The standard InChI is InChI=1S/C8H12N2O2/c1-2-7(11)9-10-6-4-3-5-8(10)12/h2H,1,3-6H2,(H,9,11). The molecule has 4 nitrogen and oxygen atoms in total. The molecule has 66 valence electrons. The van der Waals surface area contributed by atoms with Crippen molar-refractivity contribution in [3.8, 4) is 0 Å². The van der Waals surface area contributed by atoms with E-state index < -0.39 is 0 Å². The number of hydrogen-bond acceptors (Lipinski definition) is 2. The van der Waals surface area contributed by atoms with E-state index in [1.807, 2.05) is 0 Å². The van der Waals surface area contributed by atoms with Gasteiger partial charge in [-0.2, -0.15) is 0 Å². The molecule has 1 saturated heterocycles. The van der Waals surface area contributed by atoms with Crippen molar-refractivity contribution in [1.82, 2.24) is 10.4 Å². The molecule has 0 radical (unpaired) electrons. The van der Waals surface area contributed by atoms with Gasteiger partial charge >= 0.3 is 0 Å². The third-order valence-electron chi connectivity index (χ3n) is 1.75. The number of carbonyl (C=O) groups excluding carboxylic acids is 2. The summed E-state index contributed by atoms with van der Waals surface area (Å²) in [5.74, 6) is -0.346. The number of piperidine rings is 1. The zero-order valence-electron chi connectivity index (χ0n) is 6.88. The fourth-order valence-electron chi connectivity index (χ4n) is 1.10. The van der Waals surface area contributed by atoms with Crippen LogP contribution in [0.5, 0.6) is 0 Å². The van der Waals surface area contributed by atoms with Crippen LogP contribution < -0.4 is 5.43 Å². The van der Waals surface area contributed by atoms with Crippen LogP contribution in [0.15, 0.2) is 12.7 Å². The maximum atomic E-state index is 11.1. The first-order valence-electron chi connectivity index (χ1n) is 3.97. The Balaban J connectivity index is 2.44. The van der Waals surface area contributed by atoms with Crippen molar-refractivity contribution < 1.29 is 9.59 Å². The Labute approximate surface area is 71.2 Å². The summed E-state index contributed by atoms with van der Waals surface area (Å²) in [4.78, 5) is 21.9. The van der Waals surface area contributed by atoms with E-state index >= 15 is 0 Å². The van der Waals surface area contributed by atoms with Gasteiger partial charge in [-0.25, -0.2) is 0 Å². The molecule has 0 bridgehead atoms. The van der Waals surface area contributed by atoms with Gasteiger partial charge in [-0.15, -0.1) is 0 Å². The van der Waals surface area contributed by atoms with Crippen molar-refractivity contribution in [3.63, 3.8) is 0 Å². The maximum absolute atomic E-state index is 11.1. The lowest BCUT2D eigenvalue weighted by Crippen LogP contribution is -2.47. The van der Waals surface area contributed by atoms with Crippen molar-refractivity contribution in [2.45, 2.75) is 19.3 Å². The molecule has 2 amide bonds. The Morgan fingerprint density at radius 1 is 1.58 bits per heavy atom. The summed E-state index contributed by atoms with van der Waals surface area (Å²) in [6.07, 6.45) is 3.54. The Kier molecular flexibility index (Phi) is 2.85. The SMILES string of the molecule is C=CC(=O)NN1CCCCC1=O. The Bertz CT molecular complexity index is 213. The van der Waals surface area contributed by atoms with Crippen LogP contribution in [0.1, 0.15) is 19.3 Å². The average Bonchev–Trinajstić information content (AvgIpc) is 2.09. The van der Waals surface area contributed by atoms with Crippen LogP contribution in [0.4, 0.5) is 0 Å². The molecular weight excluding hydrogens is 156 g/mol. The largest absolute Gasteiger partial charge is 0.273 e. The number of nitrogens with zero attached hydrogens (tertiary/aromatic N) is 1. The van der Waals surface area contributed by atoms with Crippen molar-refractivity contribution in [1.29, 1.82) is 0 Å². The van der Waals surface area contributed by atoms with Gasteiger partial charge in [0.25, 0.3) is 5.91 Å². The molecule has 0 aromatic carbocycles. The van der Waals surface area contributed by atoms with Crippen LogP contribution in [0, 0.1) is 0 Å². The normalized spacial score (nSPS) is 17.3. The zero-order chi connectivity index (χ0) is 8.97. The Morgan fingerprint density at radius 2 is 2.33 bits per heavy atom. The molecule has 12 heavy (non-hydrogen) atoms. The molecule has 1 heterocycles. The van der Waals surface area contributed by atoms with Gasteiger partial charge in [-0.1, -0.05) is 6.58 Å². The van der Waals surface area contributed by atoms with Crippen LogP contribution in [-0.4, -0.2) is 23.4 Å². The molecule has 4 heteroatoms. The molecule has 0 atom stereocenters. The predicted molar refractivity (Wildman–Crippen MR) is 43.9 cm³/mol. The van der Waals surface area contributed by atoms with Gasteiger partial charge in [0, 0.05) is 13.0 Å². The summed E-state index contributed by atoms with van der Waals surface area (Å²) in [5.41, 5.74) is 2.45. The summed E-state index contributed by atoms with van der Waals surface area (Å²) >= 11 is 0. The van der Waals surface area contributed by atoms with Gasteiger partial charge in [0.2, 0.25) is 5.91 Å². The minimum absolute atomic E-state index is 0.0172. The number of rotatable bonds is 2. The minimum Gasteiger partial charge on any atom is -0.273 e. The second-order valence-corrected chi connectivity index (χ2v) is 2.68. The van der Waals surface area contributed by atoms with E-state index in [0.29, 0.717) is 13.0 Å². The number of hydrogen-bond donors (Lipinski definition) is 1. The van der Waals surface area contributed by atoms with E-state index in [4.69, 9.17) is 0 Å². The van der Waals surface area contributed by atoms with Gasteiger partial charge in [0.15, 0.2) is 0 Å². The molecular formula is C8H12N2O2. The molecule has 1 aliphatic heterocycles. The van der Waals surface area contributed by atoms with Gasteiger partial charge in [-0.3, -0.25) is 20.0 Å². The number of amides is 2. The summed E-state index contributed by atoms with van der Waals surface area (Å²) in [5, 5.41) is 1.35. The lowest BCUT2D eigenvalue weighted by molar-refractivity contribution is -0.141. The second-order valence-electron chi connectivity index (χ2n) is 2.68. The van der Waals surface area contributed by atoms with Gasteiger partial charge < -0.3 is 0 Å². The quantitative estimate of drug-likeness (QED) is 0.599. The highest BCUT2D eigenvalue weighted by atomic mass is 16.2. The van der Waals surface area contributed by atoms with Crippen LogP contribution in [0.2, 0.25) is 0 Å². The highest BCUT2D eigenvalue weighted by Crippen LogP contribution is 2.07. The summed E-state index contributed by atoms with van der Waals surface area (Å²) in [6.45, 7) is 3.91. The van der Waals surface area contributed by atoms with Gasteiger partial charge in [0.1, 0.15) is 0 Å². The molecule has 0 unspecified atom stereocenters. The van der Waals surface area contributed by atoms with Gasteiger partial charge in [-0.05, 0) is 18.9 Å². The number of carbonyl (C=O) groups is 2. The van der Waals surface area contributed by atoms with Gasteiger partial charge in [0.05, 0.1) is 0 Å². The van der Waals surface area contributed by atoms with Crippen molar-refractivity contribution in [2.75, 3.05) is 6.54 Å². The molecule has 1 aliphatic rings. The molecule has 1 N–H and O–H groups in total. The molecule has 1 rings (SSSR count). The minimum atomic E-state index is -0.328. The van der Waals surface area contributed by atoms with Crippen molar-refractivity contribution in [2.24, 2.45) is 0 Å². The lowest BCUT2D eigenvalue weighted by Gasteiger charge is -2.26. The van der Waals surface area contributed by atoms with E-state index in [9.17, 15) is 9.59 Å². The molecule has 0 saturated carbocycles. The van der Waals surface area contributed by atoms with E-state index in [2.05, 4.69) is 12.0 Å². The smallest absolute Gasteiger partial charge is 0.261 e. The molecule has 0 aromatic heterocycles. The second kappa shape index (κ2) is 3.90. The predicted octanol–water partition coefficient (Wildman–Crippen LogP) is 0.216. The monoisotopic (exact) mass is 168 g/mol. The van der Waals surface area contributed by atoms with E-state index in [-0.39, 0.29) is 11.8 Å². The first-order chi connectivity index (χ1) is 5.74. The third kappa shape index (κ3) is 2.08. The lowest BCUT2D eigenvalue weighted by atomic mass is 10.1. The van der Waals surface area contributed by atoms with Crippen LogP contribution in [-0.2, 0) is 9.59 Å². The molecule has 1 fully saturated rings. The summed E-state index contributed by atoms with van der Waals surface area (Å²) < 4.78 is 0. The maximum Gasteiger partial charge on any atom is 0.261 e. The fourth-order valence-corrected chi connectivity index (χ4v) is 1.10. The number of nitrogens with one attached hydrogen (secondary N) is 1. The molecule has 0 aromatic rings. The topological polar surface area (TPSA) is 49.4 Å². The van der Waals surface area contributed by atoms with Crippen molar-refractivity contribution >= 4 is 11.8 Å². The van der Waals surface area contributed by atoms with Crippen LogP contribution in [0.3, 0.4) is 0 Å². The van der Waals surface area contributed by atoms with Crippen LogP contribution >= 0.6 is 0 Å². The summed E-state index contributed by atoms with van der Waals surface area (Å²) in [7, 11) is 0. The highest BCUT2D eigenvalue weighted by Gasteiger charge is 2.18. The van der Waals surface area contributed by atoms with E-state index in [1.165, 1.54) is 5.01 Å². The van der Waals surface area contributed by atoms with E-state index in [0.717, 1.165) is 18.9 Å². The molecule has 0 aliphatic carbocycles. The zero-order valence-corrected chi connectivity index (χ0v) is 6.88. The van der Waals surface area contributed by atoms with E-state index in [1.54, 1.807) is 0 Å². The Morgan fingerprint density at radius 3 is 2.92 bits per heavy atom. The molecule has 0 spiro atoms. The Hall–Kier alpha value is -1.32. The average molecular weight is 168 g/mol. The first-order valence-corrected chi connectivity index (χ1v) is 3.97. The fraction of sp³-hybridized carbons (Fsp3) is 0.500. The summed E-state index contributed by atoms with van der Waals surface area (Å²) in [6, 6.07) is 0. The highest BCUT2D eigenvalue weighted by molar-refractivity contribution is 5.89. The van der Waals surface area contributed by atoms with Crippen molar-refractivity contribution in [3.05, 3.63) is 12.7 Å². The third-order valence-corrected chi connectivity index (χ3v) is 1.75. The first kappa shape index (κ1) is 8.77. The van der Waals surface area contributed by atoms with Crippen LogP contribution in [0.25, 0.3) is 0 Å².